The van der Waals surface area contributed by atoms with Crippen molar-refractivity contribution in [1.82, 2.24) is 14.5 Å². The van der Waals surface area contributed by atoms with Gasteiger partial charge in [0, 0.05) is 25.7 Å². The maximum Gasteiger partial charge on any atom is 0.228 e. The zero-order chi connectivity index (χ0) is 19.0. The number of fused-ring (bicyclic) bond motifs is 2. The van der Waals surface area contributed by atoms with Crippen LogP contribution in [0, 0.1) is 5.92 Å². The number of piperidine rings is 1. The summed E-state index contributed by atoms with van der Waals surface area (Å²) in [6.45, 7) is 6.04. The molecule has 6 heteroatoms. The molecule has 2 aromatic rings. The molecule has 5 nitrogen and oxygen atoms in total. The minimum Gasteiger partial charge on any atom is -0.317 e. The van der Waals surface area contributed by atoms with Crippen LogP contribution < -0.4 is 0 Å². The molecule has 27 heavy (non-hydrogen) atoms. The first kappa shape index (κ1) is 18.7. The minimum atomic E-state index is -3.40. The van der Waals surface area contributed by atoms with Crippen LogP contribution in [0.5, 0.6) is 0 Å². The van der Waals surface area contributed by atoms with Crippen LogP contribution in [-0.4, -0.2) is 40.7 Å². The van der Waals surface area contributed by atoms with Gasteiger partial charge in [-0.25, -0.2) is 13.4 Å². The van der Waals surface area contributed by atoms with Gasteiger partial charge >= 0.3 is 0 Å². The standard InChI is InChI=1S/C21H29N3O2S/c1-16(2)27(25,26)21-22-13-20(15-23-14-18-8-9-19(23)12-18)24(21)11-10-17-6-4-3-5-7-17/h3-7,13,16,18-19H,8-12,14-15H2,1-2H3. The molecular weight excluding hydrogens is 358 g/mol. The molecule has 2 atom stereocenters. The first-order valence-electron chi connectivity index (χ1n) is 10.0. The van der Waals surface area contributed by atoms with Gasteiger partial charge in [-0.1, -0.05) is 30.3 Å². The Kier molecular flexibility index (Phi) is 5.12. The van der Waals surface area contributed by atoms with Crippen molar-refractivity contribution in [2.45, 2.75) is 69.1 Å². The van der Waals surface area contributed by atoms with E-state index < -0.39 is 15.1 Å². The summed E-state index contributed by atoms with van der Waals surface area (Å²) in [7, 11) is -3.40. The van der Waals surface area contributed by atoms with Gasteiger partial charge in [-0.15, -0.1) is 0 Å². The fourth-order valence-electron chi connectivity index (χ4n) is 4.51. The third kappa shape index (κ3) is 3.69. The second-order valence-corrected chi connectivity index (χ2v) is 10.7. The third-order valence-corrected chi connectivity index (χ3v) is 8.21. The highest BCUT2D eigenvalue weighted by Crippen LogP contribution is 2.38. The second kappa shape index (κ2) is 7.40. The number of aryl methyl sites for hydroxylation is 1. The largest absolute Gasteiger partial charge is 0.317 e. The average Bonchev–Trinajstić information content (AvgIpc) is 3.37. The molecule has 0 spiro atoms. The van der Waals surface area contributed by atoms with Gasteiger partial charge in [0.05, 0.1) is 17.1 Å². The number of nitrogens with zero attached hydrogens (tertiary/aromatic N) is 3. The van der Waals surface area contributed by atoms with Gasteiger partial charge in [0.2, 0.25) is 15.0 Å². The first-order valence-corrected chi connectivity index (χ1v) is 11.6. The molecule has 2 heterocycles. The number of sulfone groups is 1. The molecule has 2 aliphatic rings. The predicted octanol–water partition coefficient (Wildman–Crippen LogP) is 3.29. The van der Waals surface area contributed by atoms with Gasteiger partial charge in [0.1, 0.15) is 0 Å². The number of likely N-dealkylation sites (tertiary alicyclic amines) is 1. The van der Waals surface area contributed by atoms with E-state index in [0.717, 1.165) is 31.1 Å². The van der Waals surface area contributed by atoms with E-state index in [0.29, 0.717) is 12.6 Å². The SMILES string of the molecule is CC(C)S(=O)(=O)c1ncc(CN2CC3CCC2C3)n1CCc1ccccc1. The van der Waals surface area contributed by atoms with E-state index >= 15 is 0 Å². The molecule has 1 aromatic heterocycles. The Bertz CT molecular complexity index is 889. The van der Waals surface area contributed by atoms with Gasteiger partial charge in [0.25, 0.3) is 0 Å². The van der Waals surface area contributed by atoms with Crippen molar-refractivity contribution in [2.75, 3.05) is 6.54 Å². The van der Waals surface area contributed by atoms with E-state index in [9.17, 15) is 8.42 Å². The predicted molar refractivity (Wildman–Crippen MR) is 106 cm³/mol. The van der Waals surface area contributed by atoms with Crippen LogP contribution in [0.25, 0.3) is 0 Å². The highest BCUT2D eigenvalue weighted by molar-refractivity contribution is 7.91. The van der Waals surface area contributed by atoms with Crippen molar-refractivity contribution in [3.8, 4) is 0 Å². The topological polar surface area (TPSA) is 55.2 Å². The van der Waals surface area contributed by atoms with Crippen molar-refractivity contribution in [2.24, 2.45) is 5.92 Å². The lowest BCUT2D eigenvalue weighted by Gasteiger charge is -2.27. The van der Waals surface area contributed by atoms with E-state index in [1.807, 2.05) is 22.8 Å². The Balaban J connectivity index is 1.61. The highest BCUT2D eigenvalue weighted by Gasteiger charge is 2.38. The molecule has 4 rings (SSSR count). The van der Waals surface area contributed by atoms with E-state index in [1.54, 1.807) is 20.0 Å². The Labute approximate surface area is 162 Å². The maximum atomic E-state index is 12.8. The number of aromatic nitrogens is 2. The molecule has 1 aliphatic carbocycles. The van der Waals surface area contributed by atoms with E-state index in [-0.39, 0.29) is 5.16 Å². The van der Waals surface area contributed by atoms with Crippen LogP contribution in [0.3, 0.4) is 0 Å². The molecule has 1 saturated carbocycles. The van der Waals surface area contributed by atoms with E-state index in [4.69, 9.17) is 0 Å². The normalized spacial score (nSPS) is 22.8. The van der Waals surface area contributed by atoms with Crippen LogP contribution in [0.15, 0.2) is 41.7 Å². The fourth-order valence-corrected chi connectivity index (χ4v) is 5.65. The van der Waals surface area contributed by atoms with Gasteiger partial charge in [-0.2, -0.15) is 0 Å². The molecule has 1 saturated heterocycles. The number of imidazole rings is 1. The lowest BCUT2D eigenvalue weighted by molar-refractivity contribution is 0.200. The maximum absolute atomic E-state index is 12.8. The molecule has 146 valence electrons. The summed E-state index contributed by atoms with van der Waals surface area (Å²) in [5.41, 5.74) is 2.24. The van der Waals surface area contributed by atoms with Crippen molar-refractivity contribution < 1.29 is 8.42 Å². The number of rotatable bonds is 7. The number of hydrogen-bond acceptors (Lipinski definition) is 4. The smallest absolute Gasteiger partial charge is 0.228 e. The lowest BCUT2D eigenvalue weighted by atomic mass is 10.1. The Morgan fingerprint density at radius 2 is 1.96 bits per heavy atom. The molecule has 0 amide bonds. The summed E-state index contributed by atoms with van der Waals surface area (Å²) in [6, 6.07) is 10.9. The van der Waals surface area contributed by atoms with Crippen molar-refractivity contribution in [3.63, 3.8) is 0 Å². The lowest BCUT2D eigenvalue weighted by Crippen LogP contribution is -2.32. The number of hydrogen-bond donors (Lipinski definition) is 0. The molecule has 2 fully saturated rings. The average molecular weight is 388 g/mol. The van der Waals surface area contributed by atoms with Gasteiger partial charge in [0.15, 0.2) is 0 Å². The Morgan fingerprint density at radius 1 is 1.19 bits per heavy atom. The van der Waals surface area contributed by atoms with Crippen LogP contribution in [0.4, 0.5) is 0 Å². The van der Waals surface area contributed by atoms with Crippen LogP contribution in [0.2, 0.25) is 0 Å². The summed E-state index contributed by atoms with van der Waals surface area (Å²) in [5.74, 6) is 0.828. The van der Waals surface area contributed by atoms with Gasteiger partial charge in [-0.05, 0) is 51.0 Å². The minimum absolute atomic E-state index is 0.229. The van der Waals surface area contributed by atoms with Crippen LogP contribution >= 0.6 is 0 Å². The molecule has 2 bridgehead atoms. The van der Waals surface area contributed by atoms with Gasteiger partial charge < -0.3 is 4.57 Å². The Morgan fingerprint density at radius 3 is 2.59 bits per heavy atom. The fraction of sp³-hybridized carbons (Fsp3) is 0.571. The molecular formula is C21H29N3O2S. The van der Waals surface area contributed by atoms with E-state index in [2.05, 4.69) is 22.0 Å². The van der Waals surface area contributed by atoms with Gasteiger partial charge in [-0.3, -0.25) is 4.90 Å². The van der Waals surface area contributed by atoms with Crippen molar-refractivity contribution >= 4 is 9.84 Å². The molecule has 2 unspecified atom stereocenters. The first-order chi connectivity index (χ1) is 12.9. The highest BCUT2D eigenvalue weighted by atomic mass is 32.2. The Hall–Kier alpha value is -1.66. The second-order valence-electron chi connectivity index (χ2n) is 8.28. The molecule has 1 aromatic carbocycles. The summed E-state index contributed by atoms with van der Waals surface area (Å²) in [6.07, 6.45) is 6.51. The summed E-state index contributed by atoms with van der Waals surface area (Å²) >= 11 is 0. The van der Waals surface area contributed by atoms with Crippen LogP contribution in [-0.2, 0) is 29.3 Å². The van der Waals surface area contributed by atoms with Crippen molar-refractivity contribution in [1.29, 1.82) is 0 Å². The number of benzene rings is 1. The quantitative estimate of drug-likeness (QED) is 0.731. The molecule has 0 radical (unpaired) electrons. The van der Waals surface area contributed by atoms with E-state index in [1.165, 1.54) is 24.8 Å². The monoisotopic (exact) mass is 387 g/mol. The third-order valence-electron chi connectivity index (χ3n) is 6.13. The zero-order valence-corrected chi connectivity index (χ0v) is 17.0. The summed E-state index contributed by atoms with van der Waals surface area (Å²) < 4.78 is 27.6. The summed E-state index contributed by atoms with van der Waals surface area (Å²) in [4.78, 5) is 6.90. The molecule has 0 N–H and O–H groups in total. The van der Waals surface area contributed by atoms with Crippen molar-refractivity contribution in [3.05, 3.63) is 47.8 Å². The summed E-state index contributed by atoms with van der Waals surface area (Å²) in [5, 5.41) is -0.237. The molecule has 1 aliphatic heterocycles. The van der Waals surface area contributed by atoms with Crippen LogP contribution in [0.1, 0.15) is 44.4 Å². The zero-order valence-electron chi connectivity index (χ0n) is 16.2.